The van der Waals surface area contributed by atoms with Gasteiger partial charge in [-0.25, -0.2) is 4.68 Å². The van der Waals surface area contributed by atoms with Crippen molar-refractivity contribution in [1.82, 2.24) is 9.78 Å². The number of hydrogen-bond donors (Lipinski definition) is 0. The van der Waals surface area contributed by atoms with Crippen LogP contribution < -0.4 is 0 Å². The van der Waals surface area contributed by atoms with Crippen molar-refractivity contribution in [3.8, 4) is 5.69 Å². The number of hydrogen-bond acceptors (Lipinski definition) is 1. The Bertz CT molecular complexity index is 603. The fourth-order valence-corrected chi connectivity index (χ4v) is 2.22. The Kier molecular flexibility index (Phi) is 4.22. The first-order valence-corrected chi connectivity index (χ1v) is 7.27. The van der Waals surface area contributed by atoms with Crippen molar-refractivity contribution in [1.29, 1.82) is 0 Å². The summed E-state index contributed by atoms with van der Waals surface area (Å²) in [5.41, 5.74) is 0.724. The fraction of sp³-hybridized carbons (Fsp3) is 0.357. The van der Waals surface area contributed by atoms with Crippen molar-refractivity contribution < 1.29 is 13.2 Å². The molecule has 2 rings (SSSR count). The number of benzene rings is 1. The molecule has 0 aliphatic rings. The van der Waals surface area contributed by atoms with Crippen LogP contribution in [0, 0.1) is 0 Å². The average molecular weight is 347 g/mol. The molecule has 0 bridgehead atoms. The van der Waals surface area contributed by atoms with Crippen molar-refractivity contribution in [2.45, 2.75) is 31.3 Å². The van der Waals surface area contributed by atoms with Gasteiger partial charge in [0.1, 0.15) is 0 Å². The van der Waals surface area contributed by atoms with Gasteiger partial charge >= 0.3 is 6.18 Å². The minimum Gasteiger partial charge on any atom is -0.240 e. The van der Waals surface area contributed by atoms with E-state index in [9.17, 15) is 13.2 Å². The molecule has 1 aromatic carbocycles. The zero-order valence-corrected chi connectivity index (χ0v) is 12.7. The van der Waals surface area contributed by atoms with Crippen molar-refractivity contribution in [3.05, 3.63) is 47.3 Å². The summed E-state index contributed by atoms with van der Waals surface area (Å²) in [4.78, 5) is 0. The number of aromatic nitrogens is 2. The SMILES string of the molecule is CC(C)c1ccn(-c2ccc(CBr)cc2C(F)(F)F)n1. The van der Waals surface area contributed by atoms with Gasteiger partial charge in [-0.2, -0.15) is 18.3 Å². The van der Waals surface area contributed by atoms with Gasteiger partial charge in [0.15, 0.2) is 0 Å². The van der Waals surface area contributed by atoms with Gasteiger partial charge in [-0.15, -0.1) is 0 Å². The summed E-state index contributed by atoms with van der Waals surface area (Å²) >= 11 is 3.17. The highest BCUT2D eigenvalue weighted by atomic mass is 79.9. The molecule has 0 fully saturated rings. The first kappa shape index (κ1) is 15.1. The molecule has 0 unspecified atom stereocenters. The molecule has 0 saturated heterocycles. The predicted octanol–water partition coefficient (Wildman–Crippen LogP) is 4.91. The normalized spacial score (nSPS) is 12.2. The van der Waals surface area contributed by atoms with E-state index in [0.717, 1.165) is 11.8 Å². The van der Waals surface area contributed by atoms with Gasteiger partial charge in [0.2, 0.25) is 0 Å². The molecule has 0 amide bonds. The molecule has 108 valence electrons. The van der Waals surface area contributed by atoms with Gasteiger partial charge in [0.25, 0.3) is 0 Å². The van der Waals surface area contributed by atoms with Crippen molar-refractivity contribution in [2.75, 3.05) is 0 Å². The maximum Gasteiger partial charge on any atom is 0.418 e. The summed E-state index contributed by atoms with van der Waals surface area (Å²) in [6.07, 6.45) is -2.84. The molecule has 2 nitrogen and oxygen atoms in total. The third-order valence-electron chi connectivity index (χ3n) is 2.97. The van der Waals surface area contributed by atoms with Crippen LogP contribution in [0.15, 0.2) is 30.5 Å². The minimum atomic E-state index is -4.41. The van der Waals surface area contributed by atoms with Gasteiger partial charge in [-0.1, -0.05) is 35.8 Å². The second-order valence-electron chi connectivity index (χ2n) is 4.82. The van der Waals surface area contributed by atoms with Crippen LogP contribution in [0.1, 0.15) is 36.6 Å². The van der Waals surface area contributed by atoms with Crippen LogP contribution in [0.4, 0.5) is 13.2 Å². The highest BCUT2D eigenvalue weighted by Gasteiger charge is 2.34. The summed E-state index contributed by atoms with van der Waals surface area (Å²) in [6.45, 7) is 3.90. The Labute approximate surface area is 123 Å². The van der Waals surface area contributed by atoms with E-state index in [0.29, 0.717) is 10.9 Å². The van der Waals surface area contributed by atoms with Crippen LogP contribution in [-0.2, 0) is 11.5 Å². The van der Waals surface area contributed by atoms with Crippen molar-refractivity contribution in [3.63, 3.8) is 0 Å². The lowest BCUT2D eigenvalue weighted by molar-refractivity contribution is -0.137. The third kappa shape index (κ3) is 3.06. The number of alkyl halides is 4. The zero-order valence-electron chi connectivity index (χ0n) is 11.1. The number of rotatable bonds is 3. The third-order valence-corrected chi connectivity index (χ3v) is 3.62. The molecule has 0 atom stereocenters. The molecule has 1 aromatic heterocycles. The maximum absolute atomic E-state index is 13.2. The van der Waals surface area contributed by atoms with E-state index in [-0.39, 0.29) is 11.6 Å². The van der Waals surface area contributed by atoms with Gasteiger partial charge < -0.3 is 0 Å². The first-order valence-electron chi connectivity index (χ1n) is 6.15. The van der Waals surface area contributed by atoms with Crippen LogP contribution in [0.5, 0.6) is 0 Å². The molecule has 1 heterocycles. The van der Waals surface area contributed by atoms with E-state index in [4.69, 9.17) is 0 Å². The number of halogens is 4. The van der Waals surface area contributed by atoms with Crippen molar-refractivity contribution in [2.24, 2.45) is 0 Å². The van der Waals surface area contributed by atoms with Crippen molar-refractivity contribution >= 4 is 15.9 Å². The lowest BCUT2D eigenvalue weighted by atomic mass is 10.1. The van der Waals surface area contributed by atoms with Gasteiger partial charge in [-0.05, 0) is 29.7 Å². The minimum absolute atomic E-state index is 0.0501. The van der Waals surface area contributed by atoms with Crippen LogP contribution in [0.2, 0.25) is 0 Å². The Hall–Kier alpha value is -1.30. The zero-order chi connectivity index (χ0) is 14.9. The van der Waals surface area contributed by atoms with E-state index < -0.39 is 11.7 Å². The Balaban J connectivity index is 2.54. The average Bonchev–Trinajstić information content (AvgIpc) is 2.86. The molecule has 0 aliphatic heterocycles. The predicted molar refractivity (Wildman–Crippen MR) is 75.3 cm³/mol. The van der Waals surface area contributed by atoms with E-state index >= 15 is 0 Å². The summed E-state index contributed by atoms with van der Waals surface area (Å²) in [5.74, 6) is 0.174. The van der Waals surface area contributed by atoms with Gasteiger partial charge in [0.05, 0.1) is 16.9 Å². The van der Waals surface area contributed by atoms with E-state index in [2.05, 4.69) is 21.0 Å². The molecule has 2 aromatic rings. The summed E-state index contributed by atoms with van der Waals surface area (Å²) < 4.78 is 40.8. The summed E-state index contributed by atoms with van der Waals surface area (Å²) in [7, 11) is 0. The molecular formula is C14H14BrF3N2. The van der Waals surface area contributed by atoms with E-state index in [1.54, 1.807) is 18.3 Å². The van der Waals surface area contributed by atoms with Gasteiger partial charge in [-0.3, -0.25) is 0 Å². The second kappa shape index (κ2) is 5.60. The standard InChI is InChI=1S/C14H14BrF3N2/c1-9(2)12-5-6-20(19-12)13-4-3-10(8-15)7-11(13)14(16,17)18/h3-7,9H,8H2,1-2H3. The Morgan fingerprint density at radius 2 is 1.95 bits per heavy atom. The highest BCUT2D eigenvalue weighted by Crippen LogP contribution is 2.35. The summed E-state index contributed by atoms with van der Waals surface area (Å²) in [5, 5.41) is 4.60. The molecule has 0 radical (unpaired) electrons. The van der Waals surface area contributed by atoms with Crippen LogP contribution >= 0.6 is 15.9 Å². The smallest absolute Gasteiger partial charge is 0.240 e. The molecule has 0 saturated carbocycles. The molecule has 0 spiro atoms. The van der Waals surface area contributed by atoms with E-state index in [1.807, 2.05) is 13.8 Å². The van der Waals surface area contributed by atoms with Gasteiger partial charge in [0, 0.05) is 11.5 Å². The topological polar surface area (TPSA) is 17.8 Å². The molecule has 6 heteroatoms. The number of nitrogens with zero attached hydrogens (tertiary/aromatic N) is 2. The van der Waals surface area contributed by atoms with Crippen LogP contribution in [0.3, 0.4) is 0 Å². The quantitative estimate of drug-likeness (QED) is 0.722. The Morgan fingerprint density at radius 1 is 1.25 bits per heavy atom. The first-order chi connectivity index (χ1) is 9.32. The lowest BCUT2D eigenvalue weighted by Crippen LogP contribution is -2.12. The summed E-state index contributed by atoms with van der Waals surface area (Å²) in [6, 6.07) is 6.01. The lowest BCUT2D eigenvalue weighted by Gasteiger charge is -2.14. The van der Waals surface area contributed by atoms with E-state index in [1.165, 1.54) is 10.7 Å². The Morgan fingerprint density at radius 3 is 2.45 bits per heavy atom. The largest absolute Gasteiger partial charge is 0.418 e. The molecule has 0 N–H and O–H groups in total. The second-order valence-corrected chi connectivity index (χ2v) is 5.38. The van der Waals surface area contributed by atoms with Crippen LogP contribution in [0.25, 0.3) is 5.69 Å². The monoisotopic (exact) mass is 346 g/mol. The van der Waals surface area contributed by atoms with Crippen LogP contribution in [-0.4, -0.2) is 9.78 Å². The molecule has 20 heavy (non-hydrogen) atoms. The molecule has 0 aliphatic carbocycles. The highest BCUT2D eigenvalue weighted by molar-refractivity contribution is 9.08. The fourth-order valence-electron chi connectivity index (χ4n) is 1.87. The molecular weight excluding hydrogens is 333 g/mol. The maximum atomic E-state index is 13.2.